The van der Waals surface area contributed by atoms with E-state index in [0.29, 0.717) is 18.4 Å². The minimum absolute atomic E-state index is 0.140. The number of carbonyl (C=O) groups excluding carboxylic acids is 1. The van der Waals surface area contributed by atoms with E-state index in [1.165, 1.54) is 25.7 Å². The first kappa shape index (κ1) is 14.2. The normalized spacial score (nSPS) is 28.4. The van der Waals surface area contributed by atoms with E-state index in [1.807, 2.05) is 22.9 Å². The van der Waals surface area contributed by atoms with Gasteiger partial charge in [-0.3, -0.25) is 9.20 Å². The summed E-state index contributed by atoms with van der Waals surface area (Å²) < 4.78 is 2.04. The molecule has 1 N–H and O–H groups in total. The van der Waals surface area contributed by atoms with Gasteiger partial charge in [-0.15, -0.1) is 11.3 Å². The molecular weight excluding hydrogens is 294 g/mol. The highest BCUT2D eigenvalue weighted by molar-refractivity contribution is 7.15. The van der Waals surface area contributed by atoms with Crippen LogP contribution < -0.4 is 5.32 Å². The van der Waals surface area contributed by atoms with E-state index in [0.717, 1.165) is 28.2 Å². The Morgan fingerprint density at radius 2 is 2.36 bits per heavy atom. The van der Waals surface area contributed by atoms with Crippen LogP contribution in [-0.2, 0) is 11.2 Å². The topological polar surface area (TPSA) is 46.4 Å². The Balaban J connectivity index is 1.40. The van der Waals surface area contributed by atoms with E-state index in [9.17, 15) is 4.79 Å². The fourth-order valence-electron chi connectivity index (χ4n) is 4.55. The molecule has 5 heteroatoms. The van der Waals surface area contributed by atoms with E-state index >= 15 is 0 Å². The van der Waals surface area contributed by atoms with Crippen molar-refractivity contribution in [2.24, 2.45) is 17.8 Å². The Labute approximate surface area is 134 Å². The number of imidazole rings is 1. The molecule has 2 heterocycles. The molecule has 118 valence electrons. The third-order valence-electron chi connectivity index (χ3n) is 5.57. The summed E-state index contributed by atoms with van der Waals surface area (Å²) in [5.41, 5.74) is 2.04. The number of hydrogen-bond acceptors (Lipinski definition) is 3. The molecule has 2 fully saturated rings. The summed E-state index contributed by atoms with van der Waals surface area (Å²) >= 11 is 1.60. The fourth-order valence-corrected chi connectivity index (χ4v) is 5.47. The SMILES string of the molecule is Cc1cn2c(CC(=O)N[C@@H](C)[C@@H]3C[C@H]4CC[C@H]3C4)csc2n1. The van der Waals surface area contributed by atoms with E-state index in [2.05, 4.69) is 17.2 Å². The Morgan fingerprint density at radius 1 is 1.50 bits per heavy atom. The first-order valence-electron chi connectivity index (χ1n) is 8.31. The monoisotopic (exact) mass is 317 g/mol. The Morgan fingerprint density at radius 3 is 3.09 bits per heavy atom. The molecule has 4 nitrogen and oxygen atoms in total. The molecule has 0 aliphatic heterocycles. The van der Waals surface area contributed by atoms with Crippen LogP contribution in [0.2, 0.25) is 0 Å². The Kier molecular flexibility index (Phi) is 3.48. The molecule has 4 atom stereocenters. The van der Waals surface area contributed by atoms with Crippen molar-refractivity contribution >= 4 is 22.2 Å². The molecule has 2 bridgehead atoms. The number of amides is 1. The zero-order valence-corrected chi connectivity index (χ0v) is 14.0. The van der Waals surface area contributed by atoms with Gasteiger partial charge in [-0.2, -0.15) is 0 Å². The number of fused-ring (bicyclic) bond motifs is 3. The summed E-state index contributed by atoms with van der Waals surface area (Å²) in [4.78, 5) is 17.8. The number of nitrogens with one attached hydrogen (secondary N) is 1. The van der Waals surface area contributed by atoms with Crippen molar-refractivity contribution < 1.29 is 4.79 Å². The second-order valence-electron chi connectivity index (χ2n) is 7.13. The number of carbonyl (C=O) groups is 1. The molecule has 2 aromatic rings. The highest BCUT2D eigenvalue weighted by Gasteiger charge is 2.42. The van der Waals surface area contributed by atoms with Crippen LogP contribution in [0.3, 0.4) is 0 Å². The van der Waals surface area contributed by atoms with Crippen LogP contribution in [0.1, 0.15) is 44.0 Å². The third kappa shape index (κ3) is 2.45. The smallest absolute Gasteiger partial charge is 0.226 e. The molecule has 0 radical (unpaired) electrons. The van der Waals surface area contributed by atoms with Gasteiger partial charge in [-0.25, -0.2) is 4.98 Å². The summed E-state index contributed by atoms with van der Waals surface area (Å²) in [5, 5.41) is 5.29. The van der Waals surface area contributed by atoms with Gasteiger partial charge in [0.15, 0.2) is 4.96 Å². The molecular formula is C17H23N3OS. The number of aromatic nitrogens is 2. The van der Waals surface area contributed by atoms with Crippen molar-refractivity contribution in [3.05, 3.63) is 23.0 Å². The van der Waals surface area contributed by atoms with Crippen LogP contribution in [-0.4, -0.2) is 21.3 Å². The van der Waals surface area contributed by atoms with Crippen molar-refractivity contribution in [3.8, 4) is 0 Å². The second kappa shape index (κ2) is 5.37. The Hall–Kier alpha value is -1.36. The van der Waals surface area contributed by atoms with Crippen molar-refractivity contribution in [3.63, 3.8) is 0 Å². The van der Waals surface area contributed by atoms with E-state index in [4.69, 9.17) is 0 Å². The fraction of sp³-hybridized carbons (Fsp3) is 0.647. The molecule has 0 saturated heterocycles. The minimum atomic E-state index is 0.140. The molecule has 2 saturated carbocycles. The molecule has 4 rings (SSSR count). The molecule has 2 aromatic heterocycles. The number of rotatable bonds is 4. The standard InChI is InChI=1S/C17H23N3OS/c1-10-8-20-14(9-22-17(20)18-10)7-16(21)19-11(2)15-6-12-3-4-13(15)5-12/h8-9,11-13,15H,3-7H2,1-2H3,(H,19,21)/t11-,12-,13-,15-/m0/s1. The van der Waals surface area contributed by atoms with Gasteiger partial charge in [0.05, 0.1) is 12.1 Å². The highest BCUT2D eigenvalue weighted by Crippen LogP contribution is 2.49. The van der Waals surface area contributed by atoms with Gasteiger partial charge in [0.25, 0.3) is 0 Å². The predicted molar refractivity (Wildman–Crippen MR) is 88.1 cm³/mol. The predicted octanol–water partition coefficient (Wildman–Crippen LogP) is 3.19. The maximum absolute atomic E-state index is 12.4. The zero-order valence-electron chi connectivity index (χ0n) is 13.2. The van der Waals surface area contributed by atoms with Gasteiger partial charge in [0.2, 0.25) is 5.91 Å². The lowest BCUT2D eigenvalue weighted by Gasteiger charge is -2.28. The first-order valence-corrected chi connectivity index (χ1v) is 9.19. The quantitative estimate of drug-likeness (QED) is 0.941. The first-order chi connectivity index (χ1) is 10.6. The second-order valence-corrected chi connectivity index (χ2v) is 7.97. The summed E-state index contributed by atoms with van der Waals surface area (Å²) in [6, 6.07) is 0.307. The van der Waals surface area contributed by atoms with Gasteiger partial charge in [-0.05, 0) is 50.9 Å². The minimum Gasteiger partial charge on any atom is -0.353 e. The zero-order chi connectivity index (χ0) is 15.3. The largest absolute Gasteiger partial charge is 0.353 e. The number of aryl methyl sites for hydroxylation is 1. The summed E-state index contributed by atoms with van der Waals surface area (Å²) in [6.45, 7) is 4.18. The van der Waals surface area contributed by atoms with E-state index in [-0.39, 0.29) is 5.91 Å². The van der Waals surface area contributed by atoms with E-state index in [1.54, 1.807) is 11.3 Å². The van der Waals surface area contributed by atoms with Crippen molar-refractivity contribution in [2.75, 3.05) is 0 Å². The van der Waals surface area contributed by atoms with Gasteiger partial charge >= 0.3 is 0 Å². The molecule has 0 spiro atoms. The molecule has 2 aliphatic rings. The van der Waals surface area contributed by atoms with Gasteiger partial charge in [0.1, 0.15) is 0 Å². The molecule has 22 heavy (non-hydrogen) atoms. The lowest BCUT2D eigenvalue weighted by atomic mass is 9.84. The van der Waals surface area contributed by atoms with Crippen LogP contribution in [0, 0.1) is 24.7 Å². The third-order valence-corrected chi connectivity index (χ3v) is 6.46. The van der Waals surface area contributed by atoms with Crippen LogP contribution >= 0.6 is 11.3 Å². The lowest BCUT2D eigenvalue weighted by Crippen LogP contribution is -2.40. The maximum Gasteiger partial charge on any atom is 0.226 e. The van der Waals surface area contributed by atoms with Crippen molar-refractivity contribution in [2.45, 2.75) is 52.0 Å². The average molecular weight is 317 g/mol. The molecule has 0 aromatic carbocycles. The Bertz CT molecular complexity index is 704. The molecule has 2 aliphatic carbocycles. The van der Waals surface area contributed by atoms with Crippen LogP contribution in [0.15, 0.2) is 11.6 Å². The number of hydrogen-bond donors (Lipinski definition) is 1. The van der Waals surface area contributed by atoms with Gasteiger partial charge in [-0.1, -0.05) is 6.42 Å². The highest BCUT2D eigenvalue weighted by atomic mass is 32.1. The number of thiazole rings is 1. The molecule has 0 unspecified atom stereocenters. The van der Waals surface area contributed by atoms with Crippen molar-refractivity contribution in [1.29, 1.82) is 0 Å². The summed E-state index contributed by atoms with van der Waals surface area (Å²) in [6.07, 6.45) is 7.94. The van der Waals surface area contributed by atoms with Gasteiger partial charge < -0.3 is 5.32 Å². The van der Waals surface area contributed by atoms with Crippen LogP contribution in [0.4, 0.5) is 0 Å². The summed E-state index contributed by atoms with van der Waals surface area (Å²) in [5.74, 6) is 2.62. The van der Waals surface area contributed by atoms with Crippen LogP contribution in [0.25, 0.3) is 4.96 Å². The average Bonchev–Trinajstić information content (AvgIpc) is 3.21. The summed E-state index contributed by atoms with van der Waals surface area (Å²) in [7, 11) is 0. The molecule has 1 amide bonds. The number of nitrogens with zero attached hydrogens (tertiary/aromatic N) is 2. The van der Waals surface area contributed by atoms with Gasteiger partial charge in [0, 0.05) is 23.3 Å². The van der Waals surface area contributed by atoms with E-state index < -0.39 is 0 Å². The maximum atomic E-state index is 12.4. The lowest BCUT2D eigenvalue weighted by molar-refractivity contribution is -0.121. The van der Waals surface area contributed by atoms with Crippen molar-refractivity contribution in [1.82, 2.24) is 14.7 Å². The van der Waals surface area contributed by atoms with Crippen LogP contribution in [0.5, 0.6) is 0 Å².